The molecule has 0 spiro atoms. The number of aromatic nitrogens is 1. The van der Waals surface area contributed by atoms with E-state index in [1.54, 1.807) is 18.2 Å². The average molecular weight is 463 g/mol. The molecule has 0 radical (unpaired) electrons. The lowest BCUT2D eigenvalue weighted by Crippen LogP contribution is -2.47. The monoisotopic (exact) mass is 462 g/mol. The molecule has 2 heterocycles. The number of piperazine rings is 1. The smallest absolute Gasteiger partial charge is 0.408 e. The van der Waals surface area contributed by atoms with Gasteiger partial charge in [0.05, 0.1) is 5.52 Å². The first kappa shape index (κ1) is 21.7. The maximum Gasteiger partial charge on any atom is 0.420 e. The molecular weight excluding hydrogens is 439 g/mol. The van der Waals surface area contributed by atoms with Crippen LogP contribution in [0.25, 0.3) is 11.1 Å². The maximum atomic E-state index is 12.3. The first-order valence-electron chi connectivity index (χ1n) is 10.3. The van der Waals surface area contributed by atoms with Gasteiger partial charge in [0, 0.05) is 54.5 Å². The molecule has 1 amide bonds. The van der Waals surface area contributed by atoms with Gasteiger partial charge in [-0.1, -0.05) is 29.3 Å². The van der Waals surface area contributed by atoms with Gasteiger partial charge in [-0.2, -0.15) is 0 Å². The van der Waals surface area contributed by atoms with Crippen molar-refractivity contribution < 1.29 is 9.21 Å². The highest BCUT2D eigenvalue weighted by atomic mass is 35.5. The van der Waals surface area contributed by atoms with Crippen molar-refractivity contribution in [2.75, 3.05) is 44.2 Å². The quantitative estimate of drug-likeness (QED) is 0.545. The van der Waals surface area contributed by atoms with Crippen molar-refractivity contribution in [3.05, 3.63) is 63.1 Å². The number of carbonyl (C=O) groups excluding carboxylic acids is 1. The van der Waals surface area contributed by atoms with E-state index in [-0.39, 0.29) is 12.5 Å². The topological polar surface area (TPSA) is 70.7 Å². The highest BCUT2D eigenvalue weighted by Gasteiger charge is 2.17. The summed E-state index contributed by atoms with van der Waals surface area (Å²) in [7, 11) is 0. The standard InChI is InChI=1S/C22H24Cl2N4O3/c23-16-3-1-4-18(13-16)27-11-9-26(10-12-27)8-2-7-25-21(29)15-28-19-6-5-17(24)14-20(19)31-22(28)30/h1,3-6,13-14H,2,7-12,15H2,(H,25,29). The third-order valence-electron chi connectivity index (χ3n) is 5.45. The number of hydrogen-bond acceptors (Lipinski definition) is 5. The third-order valence-corrected chi connectivity index (χ3v) is 5.92. The van der Waals surface area contributed by atoms with Crippen LogP contribution < -0.4 is 16.0 Å². The second kappa shape index (κ2) is 9.77. The molecular formula is C22H24Cl2N4O3. The fourth-order valence-corrected chi connectivity index (χ4v) is 4.17. The Morgan fingerprint density at radius 1 is 1.03 bits per heavy atom. The van der Waals surface area contributed by atoms with Crippen molar-refractivity contribution in [2.45, 2.75) is 13.0 Å². The Morgan fingerprint density at radius 2 is 1.81 bits per heavy atom. The van der Waals surface area contributed by atoms with Gasteiger partial charge in [-0.05, 0) is 43.3 Å². The van der Waals surface area contributed by atoms with Crippen molar-refractivity contribution in [1.82, 2.24) is 14.8 Å². The van der Waals surface area contributed by atoms with E-state index in [1.165, 1.54) is 4.57 Å². The molecule has 1 aliphatic heterocycles. The fraction of sp³-hybridized carbons (Fsp3) is 0.364. The SMILES string of the molecule is O=C(Cn1c(=O)oc2cc(Cl)ccc21)NCCCN1CCN(c2cccc(Cl)c2)CC1. The first-order valence-corrected chi connectivity index (χ1v) is 11.0. The Bertz CT molecular complexity index is 1120. The van der Waals surface area contributed by atoms with Gasteiger partial charge < -0.3 is 14.6 Å². The molecule has 1 aliphatic rings. The Balaban J connectivity index is 1.19. The summed E-state index contributed by atoms with van der Waals surface area (Å²) in [5.41, 5.74) is 2.09. The average Bonchev–Trinajstić information content (AvgIpc) is 3.05. The molecule has 9 heteroatoms. The van der Waals surface area contributed by atoms with E-state index < -0.39 is 5.76 Å². The van der Waals surface area contributed by atoms with Gasteiger partial charge in [0.25, 0.3) is 0 Å². The van der Waals surface area contributed by atoms with Crippen LogP contribution >= 0.6 is 23.2 Å². The van der Waals surface area contributed by atoms with Crippen LogP contribution in [0.15, 0.2) is 51.7 Å². The van der Waals surface area contributed by atoms with E-state index in [9.17, 15) is 9.59 Å². The van der Waals surface area contributed by atoms with Gasteiger partial charge >= 0.3 is 5.76 Å². The lowest BCUT2D eigenvalue weighted by Gasteiger charge is -2.36. The van der Waals surface area contributed by atoms with E-state index in [4.69, 9.17) is 27.6 Å². The van der Waals surface area contributed by atoms with Crippen LogP contribution in [-0.2, 0) is 11.3 Å². The number of halogens is 2. The van der Waals surface area contributed by atoms with Crippen LogP contribution in [0.1, 0.15) is 6.42 Å². The van der Waals surface area contributed by atoms with Crippen molar-refractivity contribution in [2.24, 2.45) is 0 Å². The number of oxazole rings is 1. The predicted octanol–water partition coefficient (Wildman–Crippen LogP) is 3.23. The highest BCUT2D eigenvalue weighted by molar-refractivity contribution is 6.31. The van der Waals surface area contributed by atoms with Crippen LogP contribution in [0, 0.1) is 0 Å². The molecule has 1 aromatic heterocycles. The summed E-state index contributed by atoms with van der Waals surface area (Å²) in [6, 6.07) is 12.9. The predicted molar refractivity (Wildman–Crippen MR) is 123 cm³/mol. The number of anilines is 1. The van der Waals surface area contributed by atoms with E-state index in [2.05, 4.69) is 21.2 Å². The zero-order valence-corrected chi connectivity index (χ0v) is 18.5. The molecule has 1 fully saturated rings. The Morgan fingerprint density at radius 3 is 2.58 bits per heavy atom. The summed E-state index contributed by atoms with van der Waals surface area (Å²) < 4.78 is 6.47. The molecule has 4 rings (SSSR count). The van der Waals surface area contributed by atoms with E-state index in [0.717, 1.165) is 49.9 Å². The summed E-state index contributed by atoms with van der Waals surface area (Å²) in [6.07, 6.45) is 0.847. The van der Waals surface area contributed by atoms with Crippen molar-refractivity contribution in [3.8, 4) is 0 Å². The minimum absolute atomic E-state index is 0.0776. The van der Waals surface area contributed by atoms with E-state index >= 15 is 0 Å². The minimum Gasteiger partial charge on any atom is -0.408 e. The van der Waals surface area contributed by atoms with Crippen LogP contribution in [-0.4, -0.2) is 54.6 Å². The summed E-state index contributed by atoms with van der Waals surface area (Å²) in [5, 5.41) is 4.12. The van der Waals surface area contributed by atoms with Crippen LogP contribution in [0.5, 0.6) is 0 Å². The summed E-state index contributed by atoms with van der Waals surface area (Å²) in [6.45, 7) is 5.24. The zero-order chi connectivity index (χ0) is 21.8. The third kappa shape index (κ3) is 5.42. The molecule has 0 atom stereocenters. The number of hydrogen-bond donors (Lipinski definition) is 1. The van der Waals surface area contributed by atoms with E-state index in [1.807, 2.05) is 18.2 Å². The fourth-order valence-electron chi connectivity index (χ4n) is 3.82. The second-order valence-corrected chi connectivity index (χ2v) is 8.45. The van der Waals surface area contributed by atoms with Crippen molar-refractivity contribution in [3.63, 3.8) is 0 Å². The van der Waals surface area contributed by atoms with Crippen LogP contribution in [0.4, 0.5) is 5.69 Å². The largest absolute Gasteiger partial charge is 0.420 e. The van der Waals surface area contributed by atoms with Gasteiger partial charge in [0.1, 0.15) is 6.54 Å². The van der Waals surface area contributed by atoms with Crippen molar-refractivity contribution in [1.29, 1.82) is 0 Å². The van der Waals surface area contributed by atoms with Gasteiger partial charge in [0.2, 0.25) is 5.91 Å². The van der Waals surface area contributed by atoms with E-state index in [0.29, 0.717) is 22.7 Å². The Labute approximate surface area is 190 Å². The number of fused-ring (bicyclic) bond motifs is 1. The normalized spacial score (nSPS) is 14.8. The molecule has 0 aliphatic carbocycles. The number of rotatable bonds is 7. The number of nitrogens with one attached hydrogen (secondary N) is 1. The lowest BCUT2D eigenvalue weighted by molar-refractivity contribution is -0.121. The lowest BCUT2D eigenvalue weighted by atomic mass is 10.2. The Kier molecular flexibility index (Phi) is 6.85. The summed E-state index contributed by atoms with van der Waals surface area (Å²) in [4.78, 5) is 29.0. The van der Waals surface area contributed by atoms with Crippen LogP contribution in [0.2, 0.25) is 10.0 Å². The van der Waals surface area contributed by atoms with Gasteiger partial charge in [-0.3, -0.25) is 14.3 Å². The molecule has 1 saturated heterocycles. The molecule has 0 saturated carbocycles. The molecule has 31 heavy (non-hydrogen) atoms. The highest BCUT2D eigenvalue weighted by Crippen LogP contribution is 2.21. The number of nitrogens with zero attached hydrogens (tertiary/aromatic N) is 3. The molecule has 164 valence electrons. The van der Waals surface area contributed by atoms with Gasteiger partial charge in [0.15, 0.2) is 5.58 Å². The molecule has 7 nitrogen and oxygen atoms in total. The molecule has 1 N–H and O–H groups in total. The summed E-state index contributed by atoms with van der Waals surface area (Å²) >= 11 is 12.0. The summed E-state index contributed by atoms with van der Waals surface area (Å²) in [5.74, 6) is -0.782. The minimum atomic E-state index is -0.565. The number of carbonyl (C=O) groups is 1. The second-order valence-electron chi connectivity index (χ2n) is 7.58. The van der Waals surface area contributed by atoms with Gasteiger partial charge in [-0.15, -0.1) is 0 Å². The molecule has 2 aromatic carbocycles. The van der Waals surface area contributed by atoms with Crippen molar-refractivity contribution >= 4 is 45.9 Å². The number of benzene rings is 2. The van der Waals surface area contributed by atoms with Gasteiger partial charge in [-0.25, -0.2) is 4.79 Å². The Hall–Kier alpha value is -2.48. The molecule has 0 bridgehead atoms. The zero-order valence-electron chi connectivity index (χ0n) is 17.0. The molecule has 0 unspecified atom stereocenters. The molecule has 3 aromatic rings. The van der Waals surface area contributed by atoms with Crippen LogP contribution in [0.3, 0.4) is 0 Å². The maximum absolute atomic E-state index is 12.3. The first-order chi connectivity index (χ1) is 15.0. The number of amides is 1.